The average Bonchev–Trinajstić information content (AvgIpc) is 2.47. The number of benzene rings is 1. The highest BCUT2D eigenvalue weighted by Crippen LogP contribution is 2.35. The van der Waals surface area contributed by atoms with Crippen molar-refractivity contribution in [3.63, 3.8) is 0 Å². The molecule has 1 aromatic carbocycles. The van der Waals surface area contributed by atoms with Gasteiger partial charge in [-0.15, -0.1) is 0 Å². The number of carbonyl (C=O) groups is 3. The maximum atomic E-state index is 13.1. The molecular weight excluding hydrogens is 255 g/mol. The number of fused-ring (bicyclic) bond motifs is 1. The van der Waals surface area contributed by atoms with Crippen molar-refractivity contribution in [1.82, 2.24) is 0 Å². The Morgan fingerprint density at radius 1 is 1.21 bits per heavy atom. The van der Waals surface area contributed by atoms with E-state index in [1.807, 2.05) is 0 Å². The van der Waals surface area contributed by atoms with Crippen LogP contribution in [-0.4, -0.2) is 27.9 Å². The summed E-state index contributed by atoms with van der Waals surface area (Å²) in [5.74, 6) is -4.20. The topological polar surface area (TPSA) is 91.7 Å². The third-order valence-corrected chi connectivity index (χ3v) is 3.47. The van der Waals surface area contributed by atoms with Gasteiger partial charge in [0.25, 0.3) is 0 Å². The first-order chi connectivity index (χ1) is 8.86. The fraction of sp³-hybridized carbons (Fsp3) is 0.308. The van der Waals surface area contributed by atoms with Gasteiger partial charge < -0.3 is 10.2 Å². The molecule has 0 spiro atoms. The molecule has 1 aliphatic carbocycles. The molecule has 0 atom stereocenters. The zero-order valence-electron chi connectivity index (χ0n) is 9.85. The molecule has 0 heterocycles. The Balaban J connectivity index is 2.49. The number of Topliss-reactive ketones (excluding diaryl/α,β-unsaturated/α-hetero) is 1. The summed E-state index contributed by atoms with van der Waals surface area (Å²) in [6.45, 7) is 0. The number of carbonyl (C=O) groups excluding carboxylic acids is 1. The molecule has 5 nitrogen and oxygen atoms in total. The number of aliphatic carboxylic acids is 2. The standard InChI is InChI=1S/C13H11FO5/c14-8-1-2-9-7(5-8)3-4-13(11(16)17,12(18)19)6-10(9)15/h1-2,5H,3-4,6H2,(H,16,17)(H,18,19). The number of carboxylic acid groups (broad SMARTS) is 2. The van der Waals surface area contributed by atoms with Crippen LogP contribution in [0.5, 0.6) is 0 Å². The normalized spacial score (nSPS) is 17.4. The number of rotatable bonds is 2. The van der Waals surface area contributed by atoms with Crippen LogP contribution in [0.2, 0.25) is 0 Å². The van der Waals surface area contributed by atoms with Gasteiger partial charge in [0.2, 0.25) is 0 Å². The molecule has 0 aromatic heterocycles. The SMILES string of the molecule is O=C1CC(C(=O)O)(C(=O)O)CCc2cc(F)ccc21. The van der Waals surface area contributed by atoms with E-state index in [1.54, 1.807) is 0 Å². The molecule has 19 heavy (non-hydrogen) atoms. The summed E-state index contributed by atoms with van der Waals surface area (Å²) in [6.07, 6.45) is -0.812. The molecule has 1 aromatic rings. The summed E-state index contributed by atoms with van der Waals surface area (Å²) < 4.78 is 13.1. The summed E-state index contributed by atoms with van der Waals surface area (Å²) >= 11 is 0. The summed E-state index contributed by atoms with van der Waals surface area (Å²) in [7, 11) is 0. The number of carboxylic acids is 2. The van der Waals surface area contributed by atoms with Crippen molar-refractivity contribution in [2.45, 2.75) is 19.3 Å². The highest BCUT2D eigenvalue weighted by molar-refractivity contribution is 6.07. The van der Waals surface area contributed by atoms with E-state index >= 15 is 0 Å². The number of aryl methyl sites for hydroxylation is 1. The minimum Gasteiger partial charge on any atom is -0.480 e. The van der Waals surface area contributed by atoms with Crippen molar-refractivity contribution < 1.29 is 29.0 Å². The van der Waals surface area contributed by atoms with Gasteiger partial charge in [0.1, 0.15) is 5.82 Å². The number of hydrogen-bond donors (Lipinski definition) is 2. The van der Waals surface area contributed by atoms with Gasteiger partial charge in [-0.3, -0.25) is 14.4 Å². The van der Waals surface area contributed by atoms with Crippen LogP contribution in [-0.2, 0) is 16.0 Å². The lowest BCUT2D eigenvalue weighted by atomic mass is 9.80. The van der Waals surface area contributed by atoms with Gasteiger partial charge in [-0.25, -0.2) is 4.39 Å². The first kappa shape index (κ1) is 13.2. The molecule has 0 amide bonds. The molecule has 0 radical (unpaired) electrons. The van der Waals surface area contributed by atoms with Gasteiger partial charge >= 0.3 is 11.9 Å². The Morgan fingerprint density at radius 3 is 2.42 bits per heavy atom. The zero-order chi connectivity index (χ0) is 14.2. The van der Waals surface area contributed by atoms with E-state index in [0.717, 1.165) is 12.1 Å². The number of halogens is 1. The van der Waals surface area contributed by atoms with Crippen LogP contribution in [0.1, 0.15) is 28.8 Å². The van der Waals surface area contributed by atoms with E-state index in [4.69, 9.17) is 10.2 Å². The minimum absolute atomic E-state index is 0.0391. The maximum absolute atomic E-state index is 13.1. The van der Waals surface area contributed by atoms with E-state index in [2.05, 4.69) is 0 Å². The average molecular weight is 266 g/mol. The number of ketones is 1. The highest BCUT2D eigenvalue weighted by atomic mass is 19.1. The van der Waals surface area contributed by atoms with Gasteiger partial charge in [-0.1, -0.05) is 0 Å². The highest BCUT2D eigenvalue weighted by Gasteiger charge is 2.49. The molecule has 100 valence electrons. The van der Waals surface area contributed by atoms with Crippen LogP contribution in [0.15, 0.2) is 18.2 Å². The quantitative estimate of drug-likeness (QED) is 0.625. The van der Waals surface area contributed by atoms with Crippen molar-refractivity contribution in [2.75, 3.05) is 0 Å². The monoisotopic (exact) mass is 266 g/mol. The molecule has 0 unspecified atom stereocenters. The molecule has 6 heteroatoms. The van der Waals surface area contributed by atoms with Crippen LogP contribution < -0.4 is 0 Å². The molecule has 0 fully saturated rings. The number of hydrogen-bond acceptors (Lipinski definition) is 3. The molecule has 0 saturated heterocycles. The van der Waals surface area contributed by atoms with Crippen molar-refractivity contribution in [3.8, 4) is 0 Å². The van der Waals surface area contributed by atoms with Gasteiger partial charge in [-0.05, 0) is 36.6 Å². The predicted molar refractivity (Wildman–Crippen MR) is 61.4 cm³/mol. The molecule has 0 bridgehead atoms. The fourth-order valence-corrected chi connectivity index (χ4v) is 2.30. The third kappa shape index (κ3) is 2.09. The molecule has 2 rings (SSSR count). The van der Waals surface area contributed by atoms with E-state index in [0.29, 0.717) is 5.56 Å². The maximum Gasteiger partial charge on any atom is 0.321 e. The van der Waals surface area contributed by atoms with E-state index in [9.17, 15) is 18.8 Å². The largest absolute Gasteiger partial charge is 0.480 e. The first-order valence-corrected chi connectivity index (χ1v) is 5.65. The second-order valence-electron chi connectivity index (χ2n) is 4.59. The van der Waals surface area contributed by atoms with Crippen molar-refractivity contribution >= 4 is 17.7 Å². The van der Waals surface area contributed by atoms with Crippen LogP contribution in [0.4, 0.5) is 4.39 Å². The lowest BCUT2D eigenvalue weighted by Crippen LogP contribution is -2.40. The summed E-state index contributed by atoms with van der Waals surface area (Å²) in [6, 6.07) is 3.52. The van der Waals surface area contributed by atoms with Crippen LogP contribution in [0.3, 0.4) is 0 Å². The van der Waals surface area contributed by atoms with Crippen LogP contribution in [0.25, 0.3) is 0 Å². The second kappa shape index (κ2) is 4.46. The Morgan fingerprint density at radius 2 is 1.84 bits per heavy atom. The van der Waals surface area contributed by atoms with Crippen LogP contribution in [0, 0.1) is 11.2 Å². The minimum atomic E-state index is -2.13. The van der Waals surface area contributed by atoms with Crippen molar-refractivity contribution in [2.24, 2.45) is 5.41 Å². The predicted octanol–water partition coefficient (Wildman–Crippen LogP) is 1.50. The first-order valence-electron chi connectivity index (χ1n) is 5.65. The Bertz CT molecular complexity index is 564. The van der Waals surface area contributed by atoms with E-state index in [1.165, 1.54) is 6.07 Å². The van der Waals surface area contributed by atoms with E-state index in [-0.39, 0.29) is 18.4 Å². The molecular formula is C13H11FO5. The van der Waals surface area contributed by atoms with Gasteiger partial charge in [0.15, 0.2) is 11.2 Å². The van der Waals surface area contributed by atoms with Gasteiger partial charge in [0.05, 0.1) is 0 Å². The lowest BCUT2D eigenvalue weighted by Gasteiger charge is -2.21. The van der Waals surface area contributed by atoms with Crippen molar-refractivity contribution in [3.05, 3.63) is 35.1 Å². The lowest BCUT2D eigenvalue weighted by molar-refractivity contribution is -0.165. The van der Waals surface area contributed by atoms with E-state index < -0.39 is 35.4 Å². The third-order valence-electron chi connectivity index (χ3n) is 3.47. The molecule has 1 aliphatic rings. The molecule has 2 N–H and O–H groups in total. The summed E-state index contributed by atoms with van der Waals surface area (Å²) in [5.41, 5.74) is -1.58. The molecule has 0 saturated carbocycles. The Hall–Kier alpha value is -2.24. The summed E-state index contributed by atoms with van der Waals surface area (Å²) in [4.78, 5) is 34.4. The fourth-order valence-electron chi connectivity index (χ4n) is 2.30. The second-order valence-corrected chi connectivity index (χ2v) is 4.59. The summed E-state index contributed by atoms with van der Waals surface area (Å²) in [5, 5.41) is 18.3. The Labute approximate surface area is 107 Å². The van der Waals surface area contributed by atoms with Gasteiger partial charge in [0, 0.05) is 12.0 Å². The van der Waals surface area contributed by atoms with Gasteiger partial charge in [-0.2, -0.15) is 0 Å². The zero-order valence-corrected chi connectivity index (χ0v) is 9.85. The van der Waals surface area contributed by atoms with Crippen molar-refractivity contribution in [1.29, 1.82) is 0 Å². The Kier molecular flexibility index (Phi) is 3.09. The smallest absolute Gasteiger partial charge is 0.321 e. The molecule has 0 aliphatic heterocycles. The van der Waals surface area contributed by atoms with Crippen LogP contribution >= 0.6 is 0 Å².